The predicted molar refractivity (Wildman–Crippen MR) is 231 cm³/mol. The number of ether oxygens (including phenoxy) is 3. The third kappa shape index (κ3) is 13.2. The highest BCUT2D eigenvalue weighted by Crippen LogP contribution is 2.27. The molecule has 3 fully saturated rings. The van der Waals surface area contributed by atoms with Crippen LogP contribution < -0.4 is 0 Å². The molecule has 0 unspecified atom stereocenters. The molecule has 58 heavy (non-hydrogen) atoms. The number of benzene rings is 3. The smallest absolute Gasteiger partial charge is 0.128 e. The summed E-state index contributed by atoms with van der Waals surface area (Å²) in [5.74, 6) is 0.837. The average Bonchev–Trinajstić information content (AvgIpc) is 3.22. The monoisotopic (exact) mass is 797 g/mol. The Kier molecular flexibility index (Phi) is 16.6. The van der Waals surface area contributed by atoms with Gasteiger partial charge in [0.05, 0.1) is 59.3 Å². The largest absolute Gasteiger partial charge is 0.507 e. The van der Waals surface area contributed by atoms with Gasteiger partial charge in [0.15, 0.2) is 0 Å². The molecule has 13 nitrogen and oxygen atoms in total. The first kappa shape index (κ1) is 43.4. The maximum atomic E-state index is 11.2. The van der Waals surface area contributed by atoms with Crippen LogP contribution in [-0.4, -0.2) is 172 Å². The Balaban J connectivity index is 1.10. The van der Waals surface area contributed by atoms with E-state index in [0.717, 1.165) is 89.3 Å². The van der Waals surface area contributed by atoms with Crippen LogP contribution in [0.2, 0.25) is 0 Å². The number of aliphatic imine (C=N–C) groups is 3. The van der Waals surface area contributed by atoms with Crippen molar-refractivity contribution in [1.82, 2.24) is 19.6 Å². The van der Waals surface area contributed by atoms with Crippen LogP contribution in [0.25, 0.3) is 0 Å². The molecule has 6 rings (SSSR count). The Morgan fingerprint density at radius 3 is 1.03 bits per heavy atom. The summed E-state index contributed by atoms with van der Waals surface area (Å²) < 4.78 is 16.5. The Morgan fingerprint density at radius 1 is 0.483 bits per heavy atom. The number of phenolic OH excluding ortho intramolecular Hbond substituents is 3. The second-order valence-electron chi connectivity index (χ2n) is 15.7. The Bertz CT molecular complexity index is 1650. The summed E-state index contributed by atoms with van der Waals surface area (Å²) in [5.41, 5.74) is 8.13. The Morgan fingerprint density at radius 2 is 0.759 bits per heavy atom. The van der Waals surface area contributed by atoms with Gasteiger partial charge < -0.3 is 29.5 Å². The van der Waals surface area contributed by atoms with Gasteiger partial charge in [-0.1, -0.05) is 18.2 Å². The molecule has 0 aliphatic carbocycles. The molecule has 3 saturated heterocycles. The van der Waals surface area contributed by atoms with Crippen molar-refractivity contribution < 1.29 is 29.5 Å². The van der Waals surface area contributed by atoms with Crippen LogP contribution in [0.15, 0.2) is 51.4 Å². The number of phenols is 3. The van der Waals surface area contributed by atoms with E-state index in [2.05, 4.69) is 19.6 Å². The first-order valence-electron chi connectivity index (χ1n) is 20.8. The minimum Gasteiger partial charge on any atom is -0.507 e. The molecular weight excluding hydrogens is 735 g/mol. The number of morpholine rings is 3. The second-order valence-corrected chi connectivity index (χ2v) is 15.7. The molecule has 0 saturated carbocycles. The maximum absolute atomic E-state index is 11.2. The van der Waals surface area contributed by atoms with Crippen LogP contribution in [0.1, 0.15) is 50.1 Å². The summed E-state index contributed by atoms with van der Waals surface area (Å²) >= 11 is 0. The van der Waals surface area contributed by atoms with E-state index in [1.54, 1.807) is 18.6 Å². The number of aromatic hydroxyl groups is 3. The highest BCUT2D eigenvalue weighted by atomic mass is 16.5. The van der Waals surface area contributed by atoms with Gasteiger partial charge in [-0.2, -0.15) is 0 Å². The molecule has 13 heteroatoms. The average molecular weight is 798 g/mol. The number of hydrogen-bond donors (Lipinski definition) is 3. The molecule has 0 radical (unpaired) electrons. The van der Waals surface area contributed by atoms with E-state index >= 15 is 0 Å². The normalized spacial score (nSPS) is 17.8. The fraction of sp³-hybridized carbons (Fsp3) is 0.533. The van der Waals surface area contributed by atoms with Crippen molar-refractivity contribution in [2.24, 2.45) is 15.0 Å². The van der Waals surface area contributed by atoms with Gasteiger partial charge in [-0.3, -0.25) is 34.6 Å². The van der Waals surface area contributed by atoms with Gasteiger partial charge in [0.25, 0.3) is 0 Å². The predicted octanol–water partition coefficient (Wildman–Crippen LogP) is 4.18. The van der Waals surface area contributed by atoms with Gasteiger partial charge in [0.1, 0.15) is 17.2 Å². The van der Waals surface area contributed by atoms with Crippen LogP contribution in [0, 0.1) is 20.8 Å². The lowest BCUT2D eigenvalue weighted by Crippen LogP contribution is -2.35. The van der Waals surface area contributed by atoms with Gasteiger partial charge in [-0.25, -0.2) is 0 Å². The maximum Gasteiger partial charge on any atom is 0.128 e. The summed E-state index contributed by atoms with van der Waals surface area (Å²) in [7, 11) is 0. The van der Waals surface area contributed by atoms with Gasteiger partial charge in [0, 0.05) is 131 Å². The van der Waals surface area contributed by atoms with Crippen LogP contribution in [0.5, 0.6) is 17.2 Å². The summed E-state index contributed by atoms with van der Waals surface area (Å²) in [6, 6.07) is 12.1. The first-order valence-corrected chi connectivity index (χ1v) is 20.8. The van der Waals surface area contributed by atoms with Crippen molar-refractivity contribution in [3.63, 3.8) is 0 Å². The van der Waals surface area contributed by atoms with Gasteiger partial charge in [-0.15, -0.1) is 0 Å². The Labute approximate surface area is 344 Å². The van der Waals surface area contributed by atoms with E-state index in [1.807, 2.05) is 57.2 Å². The minimum atomic E-state index is 0.279. The van der Waals surface area contributed by atoms with Crippen molar-refractivity contribution in [2.45, 2.75) is 40.4 Å². The van der Waals surface area contributed by atoms with Gasteiger partial charge >= 0.3 is 0 Å². The summed E-state index contributed by atoms with van der Waals surface area (Å²) in [5, 5.41) is 33.5. The topological polar surface area (TPSA) is 138 Å². The van der Waals surface area contributed by atoms with E-state index < -0.39 is 0 Å². The third-order valence-corrected chi connectivity index (χ3v) is 10.9. The highest BCUT2D eigenvalue weighted by Gasteiger charge is 2.18. The van der Waals surface area contributed by atoms with E-state index in [1.165, 1.54) is 0 Å². The molecule has 3 aromatic carbocycles. The van der Waals surface area contributed by atoms with Gasteiger partial charge in [-0.05, 0) is 55.7 Å². The molecule has 0 spiro atoms. The lowest BCUT2D eigenvalue weighted by Gasteiger charge is -2.27. The number of rotatable bonds is 18. The van der Waals surface area contributed by atoms with E-state index in [9.17, 15) is 15.3 Å². The van der Waals surface area contributed by atoms with E-state index in [0.29, 0.717) is 98.5 Å². The van der Waals surface area contributed by atoms with Crippen molar-refractivity contribution in [3.8, 4) is 17.2 Å². The van der Waals surface area contributed by atoms with Crippen LogP contribution in [0.3, 0.4) is 0 Å². The fourth-order valence-corrected chi connectivity index (χ4v) is 7.73. The van der Waals surface area contributed by atoms with Crippen molar-refractivity contribution in [3.05, 3.63) is 86.5 Å². The molecule has 0 aromatic heterocycles. The second kappa shape index (κ2) is 22.2. The summed E-state index contributed by atoms with van der Waals surface area (Å²) in [4.78, 5) is 23.5. The lowest BCUT2D eigenvalue weighted by atomic mass is 10.0. The molecular formula is C45H63N7O6. The minimum absolute atomic E-state index is 0.279. The third-order valence-electron chi connectivity index (χ3n) is 10.9. The SMILES string of the molecule is Cc1cc(C=NCCN(CCN=Cc2cc(C)cc(CN3CCOCC3)c2O)CCN=Cc2cc(C)cc(CN3CCOCC3)c2O)c(O)c(CN2CCOCC2)c1. The Hall–Kier alpha value is -4.21. The molecule has 3 N–H and O–H groups in total. The van der Waals surface area contributed by atoms with E-state index in [-0.39, 0.29) is 17.2 Å². The molecule has 0 atom stereocenters. The number of nitrogens with zero attached hydrogens (tertiary/aromatic N) is 7. The van der Waals surface area contributed by atoms with Crippen molar-refractivity contribution in [1.29, 1.82) is 0 Å². The molecule has 3 heterocycles. The summed E-state index contributed by atoms with van der Waals surface area (Å²) in [6.45, 7) is 21.2. The van der Waals surface area contributed by atoms with Crippen LogP contribution in [-0.2, 0) is 33.8 Å². The zero-order valence-electron chi connectivity index (χ0n) is 34.7. The molecule has 3 aliphatic rings. The summed E-state index contributed by atoms with van der Waals surface area (Å²) in [6.07, 6.45) is 5.34. The van der Waals surface area contributed by atoms with Gasteiger partial charge in [0.2, 0.25) is 0 Å². The van der Waals surface area contributed by atoms with Crippen molar-refractivity contribution in [2.75, 3.05) is 118 Å². The molecule has 0 bridgehead atoms. The van der Waals surface area contributed by atoms with Crippen LogP contribution in [0.4, 0.5) is 0 Å². The fourth-order valence-electron chi connectivity index (χ4n) is 7.73. The van der Waals surface area contributed by atoms with E-state index in [4.69, 9.17) is 29.2 Å². The zero-order chi connectivity index (χ0) is 40.7. The van der Waals surface area contributed by atoms with Crippen molar-refractivity contribution >= 4 is 18.6 Å². The first-order chi connectivity index (χ1) is 28.2. The number of hydrogen-bond acceptors (Lipinski definition) is 13. The molecule has 0 amide bonds. The lowest BCUT2D eigenvalue weighted by molar-refractivity contribution is 0.0338. The molecule has 3 aromatic rings. The van der Waals surface area contributed by atoms with Crippen LogP contribution >= 0.6 is 0 Å². The molecule has 3 aliphatic heterocycles. The zero-order valence-corrected chi connectivity index (χ0v) is 34.7. The number of aryl methyl sites for hydroxylation is 3. The standard InChI is InChI=1S/C45H63N7O6/c1-34-22-37(43(53)40(25-34)31-50-10-16-56-17-11-50)28-46-4-7-49(8-5-47-29-38-23-35(2)26-41(44(38)54)32-51-12-18-57-19-13-51)9-6-48-30-39-24-36(3)27-42(45(39)55)33-52-14-20-58-21-15-52/h22-30,53-55H,4-21,31-33H2,1-3H3. The highest BCUT2D eigenvalue weighted by molar-refractivity contribution is 5.85. The molecule has 314 valence electrons. The quantitative estimate of drug-likeness (QED) is 0.161.